The Kier molecular flexibility index (Phi) is 2.10. The summed E-state index contributed by atoms with van der Waals surface area (Å²) in [6.45, 7) is 2.45. The number of rotatable bonds is 1. The Hall–Kier alpha value is -0.520. The second kappa shape index (κ2) is 3.57. The van der Waals surface area contributed by atoms with Gasteiger partial charge in [0.1, 0.15) is 0 Å². The van der Waals surface area contributed by atoms with E-state index in [1.807, 2.05) is 11.1 Å². The van der Waals surface area contributed by atoms with Gasteiger partial charge < -0.3 is 0 Å². The third kappa shape index (κ3) is 1.46. The zero-order valence-electron chi connectivity index (χ0n) is 12.3. The summed E-state index contributed by atoms with van der Waals surface area (Å²) in [5.41, 5.74) is 6.17. The molecule has 0 nitrogen and oxygen atoms in total. The van der Waals surface area contributed by atoms with Gasteiger partial charge in [0.2, 0.25) is 0 Å². The summed E-state index contributed by atoms with van der Waals surface area (Å²) in [4.78, 5) is 0. The molecule has 1 atom stereocenters. The molecule has 0 saturated heterocycles. The first-order chi connectivity index (χ1) is 9.22. The first-order valence-corrected chi connectivity index (χ1v) is 8.65. The molecule has 0 heteroatoms. The predicted molar refractivity (Wildman–Crippen MR) is 78.7 cm³/mol. The van der Waals surface area contributed by atoms with E-state index in [1.54, 1.807) is 44.1 Å². The third-order valence-electron chi connectivity index (χ3n) is 7.27. The third-order valence-corrected chi connectivity index (χ3v) is 7.27. The van der Waals surface area contributed by atoms with Crippen LogP contribution in [0.15, 0.2) is 22.8 Å². The Morgan fingerprint density at radius 3 is 2.21 bits per heavy atom. The van der Waals surface area contributed by atoms with E-state index >= 15 is 0 Å². The molecule has 4 fully saturated rings. The predicted octanol–water partition coefficient (Wildman–Crippen LogP) is 5.26. The van der Waals surface area contributed by atoms with Gasteiger partial charge in [-0.2, -0.15) is 0 Å². The van der Waals surface area contributed by atoms with Crippen LogP contribution in [0.25, 0.3) is 0 Å². The molecule has 1 unspecified atom stereocenters. The molecule has 0 spiro atoms. The van der Waals surface area contributed by atoms with E-state index in [4.69, 9.17) is 0 Å². The van der Waals surface area contributed by atoms with Crippen molar-refractivity contribution in [3.05, 3.63) is 22.8 Å². The minimum atomic E-state index is 0.679. The molecule has 0 aromatic rings. The van der Waals surface area contributed by atoms with Crippen LogP contribution in [0.2, 0.25) is 0 Å². The molecule has 0 aromatic heterocycles. The van der Waals surface area contributed by atoms with Gasteiger partial charge in [0, 0.05) is 0 Å². The molecule has 4 bridgehead atoms. The van der Waals surface area contributed by atoms with E-state index in [-0.39, 0.29) is 0 Å². The van der Waals surface area contributed by atoms with E-state index in [0.29, 0.717) is 5.41 Å². The highest BCUT2D eigenvalue weighted by atomic mass is 14.6. The summed E-state index contributed by atoms with van der Waals surface area (Å²) >= 11 is 0. The molecule has 4 saturated carbocycles. The molecule has 6 aliphatic rings. The Morgan fingerprint density at radius 1 is 1.00 bits per heavy atom. The maximum absolute atomic E-state index is 2.69. The van der Waals surface area contributed by atoms with Gasteiger partial charge >= 0.3 is 0 Å². The van der Waals surface area contributed by atoms with Crippen molar-refractivity contribution in [3.8, 4) is 0 Å². The van der Waals surface area contributed by atoms with Gasteiger partial charge in [-0.1, -0.05) is 24.1 Å². The zero-order chi connectivity index (χ0) is 12.6. The maximum Gasteiger partial charge on any atom is -0.00737 e. The van der Waals surface area contributed by atoms with Crippen molar-refractivity contribution in [2.45, 2.75) is 64.7 Å². The molecule has 0 radical (unpaired) electrons. The summed E-state index contributed by atoms with van der Waals surface area (Å²) in [7, 11) is 0. The van der Waals surface area contributed by atoms with Crippen molar-refractivity contribution in [2.75, 3.05) is 0 Å². The van der Waals surface area contributed by atoms with Crippen LogP contribution in [0.5, 0.6) is 0 Å². The van der Waals surface area contributed by atoms with Gasteiger partial charge in [-0.3, -0.25) is 0 Å². The highest BCUT2D eigenvalue weighted by Crippen LogP contribution is 2.64. The van der Waals surface area contributed by atoms with E-state index in [9.17, 15) is 0 Å². The molecular formula is C19H26. The lowest BCUT2D eigenvalue weighted by Gasteiger charge is -2.57. The van der Waals surface area contributed by atoms with Gasteiger partial charge in [0.15, 0.2) is 0 Å². The summed E-state index contributed by atoms with van der Waals surface area (Å²) in [6.07, 6.45) is 16.3. The summed E-state index contributed by atoms with van der Waals surface area (Å²) < 4.78 is 0. The molecule has 0 heterocycles. The second-order valence-corrected chi connectivity index (χ2v) is 8.54. The van der Waals surface area contributed by atoms with Crippen molar-refractivity contribution in [3.63, 3.8) is 0 Å². The van der Waals surface area contributed by atoms with Crippen molar-refractivity contribution in [1.82, 2.24) is 0 Å². The average molecular weight is 254 g/mol. The van der Waals surface area contributed by atoms with Crippen molar-refractivity contribution >= 4 is 0 Å². The molecular weight excluding hydrogens is 228 g/mol. The first-order valence-electron chi connectivity index (χ1n) is 8.65. The molecule has 6 rings (SSSR count). The molecule has 0 aromatic carbocycles. The molecule has 0 aliphatic heterocycles. The molecule has 0 N–H and O–H groups in total. The first kappa shape index (κ1) is 11.2. The monoisotopic (exact) mass is 254 g/mol. The van der Waals surface area contributed by atoms with Crippen LogP contribution < -0.4 is 0 Å². The van der Waals surface area contributed by atoms with Crippen LogP contribution >= 0.6 is 0 Å². The lowest BCUT2D eigenvalue weighted by atomic mass is 9.47. The molecule has 0 amide bonds. The van der Waals surface area contributed by atoms with E-state index in [0.717, 1.165) is 23.7 Å². The van der Waals surface area contributed by atoms with E-state index in [2.05, 4.69) is 13.0 Å². The lowest BCUT2D eigenvalue weighted by molar-refractivity contribution is -0.0313. The molecule has 6 aliphatic carbocycles. The van der Waals surface area contributed by atoms with Crippen molar-refractivity contribution in [1.29, 1.82) is 0 Å². The number of allylic oxidation sites excluding steroid dienone is 4. The van der Waals surface area contributed by atoms with E-state index < -0.39 is 0 Å². The van der Waals surface area contributed by atoms with Crippen LogP contribution in [-0.4, -0.2) is 0 Å². The van der Waals surface area contributed by atoms with E-state index in [1.165, 1.54) is 19.3 Å². The number of hydrogen-bond acceptors (Lipinski definition) is 0. The Bertz CT molecular complexity index is 455. The largest absolute Gasteiger partial charge is 0.0626 e. The topological polar surface area (TPSA) is 0 Å². The minimum Gasteiger partial charge on any atom is -0.0626 e. The van der Waals surface area contributed by atoms with Gasteiger partial charge in [-0.15, -0.1) is 0 Å². The van der Waals surface area contributed by atoms with Gasteiger partial charge in [0.05, 0.1) is 0 Å². The summed E-state index contributed by atoms with van der Waals surface area (Å²) in [6, 6.07) is 0. The van der Waals surface area contributed by atoms with Gasteiger partial charge in [-0.25, -0.2) is 0 Å². The average Bonchev–Trinajstić information content (AvgIpc) is 2.91. The minimum absolute atomic E-state index is 0.679. The van der Waals surface area contributed by atoms with Crippen molar-refractivity contribution in [2.24, 2.45) is 29.1 Å². The molecule has 19 heavy (non-hydrogen) atoms. The van der Waals surface area contributed by atoms with Crippen LogP contribution in [0.3, 0.4) is 0 Å². The fourth-order valence-corrected chi connectivity index (χ4v) is 6.79. The summed E-state index contributed by atoms with van der Waals surface area (Å²) in [5, 5.41) is 0. The standard InChI is InChI=1S/C19H26/c1-12-2-3-16-7-17(8-18(12)16)19-9-13-4-14(10-19)6-15(5-13)11-19/h8,12-15H,2-7,9-11H2,1H3. The highest BCUT2D eigenvalue weighted by Gasteiger charge is 2.53. The van der Waals surface area contributed by atoms with Crippen LogP contribution in [0.4, 0.5) is 0 Å². The Labute approximate surface area is 117 Å². The fourth-order valence-electron chi connectivity index (χ4n) is 6.79. The fraction of sp³-hybridized carbons (Fsp3) is 0.789. The van der Waals surface area contributed by atoms with Crippen LogP contribution in [0, 0.1) is 29.1 Å². The SMILES string of the molecule is CC1CCC2=C1C=C(C13CC4CC(CC(C4)C1)C3)C2. The highest BCUT2D eigenvalue weighted by molar-refractivity contribution is 5.46. The second-order valence-electron chi connectivity index (χ2n) is 8.54. The van der Waals surface area contributed by atoms with Gasteiger partial charge in [0.25, 0.3) is 0 Å². The maximum atomic E-state index is 2.69. The quantitative estimate of drug-likeness (QED) is 0.599. The smallest absolute Gasteiger partial charge is 0.00737 e. The number of hydrogen-bond donors (Lipinski definition) is 0. The zero-order valence-corrected chi connectivity index (χ0v) is 12.3. The Balaban J connectivity index is 1.50. The normalized spacial score (nSPS) is 50.9. The van der Waals surface area contributed by atoms with Crippen LogP contribution in [-0.2, 0) is 0 Å². The molecule has 102 valence electrons. The van der Waals surface area contributed by atoms with Crippen LogP contribution in [0.1, 0.15) is 64.7 Å². The lowest BCUT2D eigenvalue weighted by Crippen LogP contribution is -2.46. The van der Waals surface area contributed by atoms with Gasteiger partial charge in [-0.05, 0) is 92.4 Å². The summed E-state index contributed by atoms with van der Waals surface area (Å²) in [5.74, 6) is 4.15. The van der Waals surface area contributed by atoms with Crippen molar-refractivity contribution < 1.29 is 0 Å². The Morgan fingerprint density at radius 2 is 1.63 bits per heavy atom.